The summed E-state index contributed by atoms with van der Waals surface area (Å²) in [6.45, 7) is 3.90. The van der Waals surface area contributed by atoms with Crippen LogP contribution in [-0.2, 0) is 15.1 Å². The fourth-order valence-corrected chi connectivity index (χ4v) is 4.22. The molecule has 5 nitrogen and oxygen atoms in total. The van der Waals surface area contributed by atoms with Gasteiger partial charge in [-0.15, -0.1) is 0 Å². The van der Waals surface area contributed by atoms with Crippen molar-refractivity contribution in [3.8, 4) is 5.75 Å². The van der Waals surface area contributed by atoms with Crippen LogP contribution < -0.4 is 15.0 Å². The van der Waals surface area contributed by atoms with Crippen molar-refractivity contribution in [2.45, 2.75) is 25.8 Å². The van der Waals surface area contributed by atoms with Gasteiger partial charge in [0.05, 0.1) is 13.5 Å². The second-order valence-electron chi connectivity index (χ2n) is 7.69. The first-order valence-electron chi connectivity index (χ1n) is 9.97. The fraction of sp³-hybridized carbons (Fsp3) is 0.200. The van der Waals surface area contributed by atoms with Gasteiger partial charge in [0.25, 0.3) is 5.91 Å². The lowest BCUT2D eigenvalue weighted by Gasteiger charge is -2.50. The maximum atomic E-state index is 13.8. The molecule has 4 rings (SSSR count). The van der Waals surface area contributed by atoms with E-state index in [-0.39, 0.29) is 18.2 Å². The highest BCUT2D eigenvalue weighted by molar-refractivity contribution is 6.30. The normalized spacial score (nSPS) is 17.8. The molecule has 1 saturated heterocycles. The number of anilines is 2. The molecule has 0 aromatic heterocycles. The average molecular weight is 435 g/mol. The van der Waals surface area contributed by atoms with Gasteiger partial charge in [-0.05, 0) is 66.9 Å². The van der Waals surface area contributed by atoms with Crippen molar-refractivity contribution in [3.63, 3.8) is 0 Å². The lowest BCUT2D eigenvalue weighted by molar-refractivity contribution is -0.137. The van der Waals surface area contributed by atoms with E-state index in [0.29, 0.717) is 22.0 Å². The van der Waals surface area contributed by atoms with Crippen LogP contribution in [0.1, 0.15) is 23.1 Å². The standard InChI is InChI=1S/C25H23ClN2O3/c1-16-5-4-6-17(2)23(16)27-24(30)25(18-7-13-21(31-3)14-8-18)15-22(29)28(25)20-11-9-19(26)10-12-20/h4-14H,15H2,1-3H3,(H,27,30)/t25-/m1/s1. The molecule has 1 aliphatic heterocycles. The molecule has 0 radical (unpaired) electrons. The maximum Gasteiger partial charge on any atom is 0.255 e. The Kier molecular flexibility index (Phi) is 5.46. The molecule has 158 valence electrons. The Labute approximate surface area is 186 Å². The Bertz CT molecular complexity index is 1120. The summed E-state index contributed by atoms with van der Waals surface area (Å²) in [5.41, 5.74) is 2.84. The first kappa shape index (κ1) is 20.9. The third-order valence-corrected chi connectivity index (χ3v) is 6.04. The summed E-state index contributed by atoms with van der Waals surface area (Å²) in [5, 5.41) is 3.65. The smallest absolute Gasteiger partial charge is 0.255 e. The Morgan fingerprint density at radius 3 is 2.16 bits per heavy atom. The lowest BCUT2D eigenvalue weighted by Crippen LogP contribution is -2.67. The quantitative estimate of drug-likeness (QED) is 0.559. The van der Waals surface area contributed by atoms with Crippen molar-refractivity contribution in [1.82, 2.24) is 0 Å². The van der Waals surface area contributed by atoms with Gasteiger partial charge in [0.15, 0.2) is 5.54 Å². The number of carbonyl (C=O) groups is 2. The van der Waals surface area contributed by atoms with Gasteiger partial charge in [-0.2, -0.15) is 0 Å². The molecule has 0 spiro atoms. The number of para-hydroxylation sites is 1. The molecule has 0 unspecified atom stereocenters. The number of halogens is 1. The summed E-state index contributed by atoms with van der Waals surface area (Å²) in [4.78, 5) is 28.2. The number of benzene rings is 3. The minimum absolute atomic E-state index is 0.0682. The Morgan fingerprint density at radius 2 is 1.61 bits per heavy atom. The number of β-lactam (4-membered cyclic amide) rings is 1. The summed E-state index contributed by atoms with van der Waals surface area (Å²) in [5.74, 6) is 0.289. The molecular weight excluding hydrogens is 412 g/mol. The molecule has 2 amide bonds. The second kappa shape index (κ2) is 8.08. The van der Waals surface area contributed by atoms with Gasteiger partial charge >= 0.3 is 0 Å². The molecule has 1 fully saturated rings. The van der Waals surface area contributed by atoms with E-state index in [2.05, 4.69) is 5.32 Å². The van der Waals surface area contributed by atoms with E-state index in [1.54, 1.807) is 48.4 Å². The van der Waals surface area contributed by atoms with Crippen LogP contribution in [0.2, 0.25) is 5.02 Å². The molecule has 3 aromatic rings. The number of carbonyl (C=O) groups excluding carboxylic acids is 2. The van der Waals surface area contributed by atoms with Gasteiger partial charge in [-0.3, -0.25) is 14.5 Å². The minimum Gasteiger partial charge on any atom is -0.497 e. The van der Waals surface area contributed by atoms with Crippen LogP contribution >= 0.6 is 11.6 Å². The van der Waals surface area contributed by atoms with Crippen molar-refractivity contribution in [1.29, 1.82) is 0 Å². The summed E-state index contributed by atoms with van der Waals surface area (Å²) in [7, 11) is 1.59. The molecule has 0 bridgehead atoms. The van der Waals surface area contributed by atoms with Gasteiger partial charge in [-0.25, -0.2) is 0 Å². The minimum atomic E-state index is -1.17. The predicted molar refractivity (Wildman–Crippen MR) is 123 cm³/mol. The monoisotopic (exact) mass is 434 g/mol. The molecule has 1 atom stereocenters. The van der Waals surface area contributed by atoms with Gasteiger partial charge in [-0.1, -0.05) is 41.9 Å². The fourth-order valence-electron chi connectivity index (χ4n) is 4.09. The number of nitrogens with zero attached hydrogens (tertiary/aromatic N) is 1. The van der Waals surface area contributed by atoms with Gasteiger partial charge < -0.3 is 10.1 Å². The Morgan fingerprint density at radius 1 is 1.00 bits per heavy atom. The van der Waals surface area contributed by atoms with Crippen LogP contribution in [0.5, 0.6) is 5.75 Å². The van der Waals surface area contributed by atoms with E-state index in [1.165, 1.54) is 0 Å². The molecule has 0 aliphatic carbocycles. The maximum absolute atomic E-state index is 13.8. The summed E-state index contributed by atoms with van der Waals surface area (Å²) in [6, 6.07) is 20.0. The van der Waals surface area contributed by atoms with Crippen molar-refractivity contribution in [2.75, 3.05) is 17.3 Å². The number of ether oxygens (including phenoxy) is 1. The van der Waals surface area contributed by atoms with E-state index >= 15 is 0 Å². The topological polar surface area (TPSA) is 58.6 Å². The number of amides is 2. The molecule has 3 aromatic carbocycles. The van der Waals surface area contributed by atoms with Gasteiger partial charge in [0, 0.05) is 16.4 Å². The van der Waals surface area contributed by atoms with E-state index in [4.69, 9.17) is 16.3 Å². The molecule has 6 heteroatoms. The molecule has 1 aliphatic rings. The Hall–Kier alpha value is -3.31. The van der Waals surface area contributed by atoms with Crippen LogP contribution in [0.15, 0.2) is 66.7 Å². The average Bonchev–Trinajstić information content (AvgIpc) is 2.76. The lowest BCUT2D eigenvalue weighted by atomic mass is 9.76. The van der Waals surface area contributed by atoms with E-state index < -0.39 is 5.54 Å². The third kappa shape index (κ3) is 3.55. The molecule has 1 N–H and O–H groups in total. The number of hydrogen-bond acceptors (Lipinski definition) is 3. The highest BCUT2D eigenvalue weighted by Crippen LogP contribution is 2.46. The second-order valence-corrected chi connectivity index (χ2v) is 8.13. The molecular formula is C25H23ClN2O3. The summed E-state index contributed by atoms with van der Waals surface area (Å²) >= 11 is 6.04. The van der Waals surface area contributed by atoms with Crippen molar-refractivity contribution >= 4 is 34.8 Å². The first-order valence-corrected chi connectivity index (χ1v) is 10.4. The van der Waals surface area contributed by atoms with Crippen molar-refractivity contribution < 1.29 is 14.3 Å². The molecule has 0 saturated carbocycles. The van der Waals surface area contributed by atoms with Crippen LogP contribution in [0.4, 0.5) is 11.4 Å². The highest BCUT2D eigenvalue weighted by atomic mass is 35.5. The third-order valence-electron chi connectivity index (χ3n) is 5.79. The van der Waals surface area contributed by atoms with Crippen LogP contribution in [0.25, 0.3) is 0 Å². The summed E-state index contributed by atoms with van der Waals surface area (Å²) < 4.78 is 5.27. The van der Waals surface area contributed by atoms with E-state index in [0.717, 1.165) is 16.8 Å². The zero-order valence-electron chi connectivity index (χ0n) is 17.6. The number of rotatable bonds is 5. The number of hydrogen-bond donors (Lipinski definition) is 1. The number of nitrogens with one attached hydrogen (secondary N) is 1. The van der Waals surface area contributed by atoms with Gasteiger partial charge in [0.2, 0.25) is 5.91 Å². The number of aryl methyl sites for hydroxylation is 2. The van der Waals surface area contributed by atoms with Crippen LogP contribution in [-0.4, -0.2) is 18.9 Å². The highest BCUT2D eigenvalue weighted by Gasteiger charge is 2.58. The zero-order chi connectivity index (χ0) is 22.2. The van der Waals surface area contributed by atoms with Gasteiger partial charge in [0.1, 0.15) is 5.75 Å². The summed E-state index contributed by atoms with van der Waals surface area (Å²) in [6.07, 6.45) is 0.0682. The van der Waals surface area contributed by atoms with E-state index in [1.807, 2.05) is 44.2 Å². The van der Waals surface area contributed by atoms with Crippen molar-refractivity contribution in [2.24, 2.45) is 0 Å². The SMILES string of the molecule is COc1ccc([C@@]2(C(=O)Nc3c(C)cccc3C)CC(=O)N2c2ccc(Cl)cc2)cc1. The van der Waals surface area contributed by atoms with Crippen molar-refractivity contribution in [3.05, 3.63) is 88.4 Å². The van der Waals surface area contributed by atoms with E-state index in [9.17, 15) is 9.59 Å². The number of methoxy groups -OCH3 is 1. The molecule has 1 heterocycles. The van der Waals surface area contributed by atoms with Crippen LogP contribution in [0, 0.1) is 13.8 Å². The predicted octanol–water partition coefficient (Wildman–Crippen LogP) is 5.24. The van der Waals surface area contributed by atoms with Crippen LogP contribution in [0.3, 0.4) is 0 Å². The zero-order valence-corrected chi connectivity index (χ0v) is 18.4. The molecule has 31 heavy (non-hydrogen) atoms. The Balaban J connectivity index is 1.82. The first-order chi connectivity index (χ1) is 14.9. The largest absolute Gasteiger partial charge is 0.497 e.